The second kappa shape index (κ2) is 7.46. The van der Waals surface area contributed by atoms with Crippen molar-refractivity contribution >= 4 is 23.4 Å². The molecule has 1 fully saturated rings. The van der Waals surface area contributed by atoms with Gasteiger partial charge in [0.05, 0.1) is 17.4 Å². The summed E-state index contributed by atoms with van der Waals surface area (Å²) in [7, 11) is 3.09. The van der Waals surface area contributed by atoms with Crippen LogP contribution in [-0.4, -0.2) is 58.1 Å². The standard InChI is InChI=1S/C18H18ClF3N4O2/c1-24(2)17(28)14-4-3-9-25(14)16(27)13-10-23-26(15(13)18(20,21)22)12-7-5-11(19)6-8-12/h5-8,10,14H,3-4,9H2,1-2H3. The number of likely N-dealkylation sites (tertiary alicyclic amines) is 1. The van der Waals surface area contributed by atoms with Gasteiger partial charge < -0.3 is 9.80 Å². The molecule has 1 saturated heterocycles. The summed E-state index contributed by atoms with van der Waals surface area (Å²) in [6, 6.07) is 4.86. The van der Waals surface area contributed by atoms with E-state index in [0.29, 0.717) is 22.5 Å². The van der Waals surface area contributed by atoms with E-state index in [1.54, 1.807) is 14.1 Å². The van der Waals surface area contributed by atoms with E-state index in [-0.39, 0.29) is 18.1 Å². The summed E-state index contributed by atoms with van der Waals surface area (Å²) >= 11 is 5.79. The maximum Gasteiger partial charge on any atom is 0.434 e. The van der Waals surface area contributed by atoms with E-state index in [0.717, 1.165) is 6.20 Å². The van der Waals surface area contributed by atoms with Gasteiger partial charge in [-0.25, -0.2) is 4.68 Å². The Morgan fingerprint density at radius 2 is 1.86 bits per heavy atom. The predicted octanol–water partition coefficient (Wildman–Crippen LogP) is 3.24. The first-order chi connectivity index (χ1) is 13.1. The van der Waals surface area contributed by atoms with Gasteiger partial charge in [0.15, 0.2) is 5.69 Å². The number of aromatic nitrogens is 2. The van der Waals surface area contributed by atoms with Crippen molar-refractivity contribution < 1.29 is 22.8 Å². The smallest absolute Gasteiger partial charge is 0.347 e. The highest BCUT2D eigenvalue weighted by Gasteiger charge is 2.44. The van der Waals surface area contributed by atoms with Crippen LogP contribution in [0.5, 0.6) is 0 Å². The fraction of sp³-hybridized carbons (Fsp3) is 0.389. The highest BCUT2D eigenvalue weighted by atomic mass is 35.5. The zero-order valence-corrected chi connectivity index (χ0v) is 16.0. The number of benzene rings is 1. The van der Waals surface area contributed by atoms with E-state index in [1.165, 1.54) is 34.1 Å². The molecule has 3 rings (SSSR count). The quantitative estimate of drug-likeness (QED) is 0.774. The highest BCUT2D eigenvalue weighted by molar-refractivity contribution is 6.30. The van der Waals surface area contributed by atoms with Crippen molar-refractivity contribution in [3.63, 3.8) is 0 Å². The van der Waals surface area contributed by atoms with Crippen molar-refractivity contribution in [3.8, 4) is 5.69 Å². The molecular weight excluding hydrogens is 397 g/mol. The van der Waals surface area contributed by atoms with Gasteiger partial charge in [-0.05, 0) is 37.1 Å². The average molecular weight is 415 g/mol. The molecule has 28 heavy (non-hydrogen) atoms. The molecule has 10 heteroatoms. The Bertz CT molecular complexity index is 893. The van der Waals surface area contributed by atoms with Crippen molar-refractivity contribution in [3.05, 3.63) is 46.7 Å². The van der Waals surface area contributed by atoms with Gasteiger partial charge >= 0.3 is 6.18 Å². The number of carbonyl (C=O) groups is 2. The lowest BCUT2D eigenvalue weighted by molar-refractivity contribution is -0.143. The van der Waals surface area contributed by atoms with Crippen LogP contribution in [0.2, 0.25) is 5.02 Å². The third-order valence-corrected chi connectivity index (χ3v) is 4.83. The van der Waals surface area contributed by atoms with Crippen molar-refractivity contribution in [1.82, 2.24) is 19.6 Å². The largest absolute Gasteiger partial charge is 0.434 e. The minimum Gasteiger partial charge on any atom is -0.347 e. The number of carbonyl (C=O) groups excluding carboxylic acids is 2. The zero-order valence-electron chi connectivity index (χ0n) is 15.2. The summed E-state index contributed by atoms with van der Waals surface area (Å²) in [6.07, 6.45) is -2.96. The van der Waals surface area contributed by atoms with E-state index in [4.69, 9.17) is 11.6 Å². The maximum absolute atomic E-state index is 13.8. The molecular formula is C18H18ClF3N4O2. The molecule has 0 N–H and O–H groups in total. The summed E-state index contributed by atoms with van der Waals surface area (Å²) in [6.45, 7) is 0.215. The molecule has 150 valence electrons. The summed E-state index contributed by atoms with van der Waals surface area (Å²) < 4.78 is 42.1. The molecule has 1 aliphatic heterocycles. The molecule has 0 aliphatic carbocycles. The monoisotopic (exact) mass is 414 g/mol. The van der Waals surface area contributed by atoms with E-state index in [2.05, 4.69) is 5.10 Å². The van der Waals surface area contributed by atoms with E-state index in [9.17, 15) is 22.8 Å². The maximum atomic E-state index is 13.8. The zero-order chi connectivity index (χ0) is 20.6. The van der Waals surface area contributed by atoms with E-state index in [1.807, 2.05) is 0 Å². The SMILES string of the molecule is CN(C)C(=O)C1CCCN1C(=O)c1cnn(-c2ccc(Cl)cc2)c1C(F)(F)F. The second-order valence-electron chi connectivity index (χ2n) is 6.68. The van der Waals surface area contributed by atoms with Crippen LogP contribution in [0, 0.1) is 0 Å². The molecule has 1 aromatic carbocycles. The second-order valence-corrected chi connectivity index (χ2v) is 7.12. The molecule has 2 aromatic rings. The third kappa shape index (κ3) is 3.71. The van der Waals surface area contributed by atoms with Gasteiger partial charge in [0.2, 0.25) is 5.91 Å². The van der Waals surface area contributed by atoms with Crippen LogP contribution >= 0.6 is 11.6 Å². The van der Waals surface area contributed by atoms with E-state index >= 15 is 0 Å². The van der Waals surface area contributed by atoms with Crippen molar-refractivity contribution in [2.75, 3.05) is 20.6 Å². The number of hydrogen-bond acceptors (Lipinski definition) is 3. The Morgan fingerprint density at radius 1 is 1.21 bits per heavy atom. The van der Waals surface area contributed by atoms with Crippen LogP contribution in [-0.2, 0) is 11.0 Å². The number of likely N-dealkylation sites (N-methyl/N-ethyl adjacent to an activating group) is 1. The number of halogens is 4. The molecule has 2 heterocycles. The first-order valence-electron chi connectivity index (χ1n) is 8.54. The first kappa shape index (κ1) is 20.2. The van der Waals surface area contributed by atoms with Gasteiger partial charge in [0.25, 0.3) is 5.91 Å². The minimum atomic E-state index is -4.82. The number of amides is 2. The van der Waals surface area contributed by atoms with Crippen LogP contribution in [0.1, 0.15) is 28.9 Å². The Labute approximate surface area is 164 Å². The van der Waals surface area contributed by atoms with Crippen LogP contribution < -0.4 is 0 Å². The lowest BCUT2D eigenvalue weighted by Crippen LogP contribution is -2.45. The minimum absolute atomic E-state index is 0.123. The molecule has 1 atom stereocenters. The number of hydrogen-bond donors (Lipinski definition) is 0. The molecule has 1 aromatic heterocycles. The molecule has 1 aliphatic rings. The summed E-state index contributed by atoms with van der Waals surface area (Å²) in [5.41, 5.74) is -1.64. The van der Waals surface area contributed by atoms with Gasteiger partial charge in [-0.3, -0.25) is 9.59 Å². The van der Waals surface area contributed by atoms with Crippen LogP contribution in [0.4, 0.5) is 13.2 Å². The molecule has 0 saturated carbocycles. The van der Waals surface area contributed by atoms with Crippen molar-refractivity contribution in [2.45, 2.75) is 25.1 Å². The fourth-order valence-corrected chi connectivity index (χ4v) is 3.40. The Balaban J connectivity index is 2.03. The molecule has 6 nitrogen and oxygen atoms in total. The van der Waals surface area contributed by atoms with Crippen LogP contribution in [0.3, 0.4) is 0 Å². The van der Waals surface area contributed by atoms with E-state index < -0.39 is 29.4 Å². The first-order valence-corrected chi connectivity index (χ1v) is 8.92. The summed E-state index contributed by atoms with van der Waals surface area (Å²) in [4.78, 5) is 27.8. The van der Waals surface area contributed by atoms with Crippen LogP contribution in [0.15, 0.2) is 30.5 Å². The molecule has 1 unspecified atom stereocenters. The third-order valence-electron chi connectivity index (χ3n) is 4.58. The fourth-order valence-electron chi connectivity index (χ4n) is 3.28. The molecule has 0 radical (unpaired) electrons. The predicted molar refractivity (Wildman–Crippen MR) is 96.3 cm³/mol. The molecule has 0 bridgehead atoms. The highest BCUT2D eigenvalue weighted by Crippen LogP contribution is 2.35. The Hall–Kier alpha value is -2.55. The van der Waals surface area contributed by atoms with Gasteiger partial charge in [-0.15, -0.1) is 0 Å². The van der Waals surface area contributed by atoms with Gasteiger partial charge in [-0.1, -0.05) is 11.6 Å². The lowest BCUT2D eigenvalue weighted by Gasteiger charge is -2.26. The Morgan fingerprint density at radius 3 is 2.43 bits per heavy atom. The molecule has 2 amide bonds. The number of nitrogens with zero attached hydrogens (tertiary/aromatic N) is 4. The topological polar surface area (TPSA) is 58.4 Å². The Kier molecular flexibility index (Phi) is 5.38. The lowest BCUT2D eigenvalue weighted by atomic mass is 10.1. The number of alkyl halides is 3. The summed E-state index contributed by atoms with van der Waals surface area (Å²) in [5, 5.41) is 4.15. The average Bonchev–Trinajstić information content (AvgIpc) is 3.28. The molecule has 0 spiro atoms. The van der Waals surface area contributed by atoms with Crippen molar-refractivity contribution in [1.29, 1.82) is 0 Å². The van der Waals surface area contributed by atoms with Crippen LogP contribution in [0.25, 0.3) is 5.69 Å². The number of rotatable bonds is 3. The normalized spacial score (nSPS) is 17.1. The van der Waals surface area contributed by atoms with Gasteiger partial charge in [0.1, 0.15) is 6.04 Å². The summed E-state index contributed by atoms with van der Waals surface area (Å²) in [5.74, 6) is -1.17. The van der Waals surface area contributed by atoms with Gasteiger partial charge in [-0.2, -0.15) is 18.3 Å². The van der Waals surface area contributed by atoms with Crippen molar-refractivity contribution in [2.24, 2.45) is 0 Å². The van der Waals surface area contributed by atoms with Gasteiger partial charge in [0, 0.05) is 25.7 Å².